The summed E-state index contributed by atoms with van der Waals surface area (Å²) in [6, 6.07) is 6.62. The van der Waals surface area contributed by atoms with E-state index in [1.54, 1.807) is 31.2 Å². The van der Waals surface area contributed by atoms with E-state index in [0.29, 0.717) is 18.5 Å². The van der Waals surface area contributed by atoms with Gasteiger partial charge >= 0.3 is 5.97 Å². The number of anilines is 1. The maximum atomic E-state index is 12.6. The third-order valence-corrected chi connectivity index (χ3v) is 3.78. The van der Waals surface area contributed by atoms with Gasteiger partial charge < -0.3 is 15.4 Å². The molecule has 0 aromatic heterocycles. The third kappa shape index (κ3) is 3.93. The predicted octanol–water partition coefficient (Wildman–Crippen LogP) is 2.50. The highest BCUT2D eigenvalue weighted by molar-refractivity contribution is 6.14. The highest BCUT2D eigenvalue weighted by Gasteiger charge is 2.57. The van der Waals surface area contributed by atoms with Gasteiger partial charge in [0.05, 0.1) is 17.9 Å². The molecule has 1 aliphatic rings. The largest absolute Gasteiger partial charge is 0.462 e. The zero-order valence-electron chi connectivity index (χ0n) is 14.6. The minimum atomic E-state index is -1.05. The fourth-order valence-electron chi connectivity index (χ4n) is 2.36. The van der Waals surface area contributed by atoms with E-state index in [1.807, 2.05) is 20.8 Å². The van der Waals surface area contributed by atoms with Gasteiger partial charge in [0.1, 0.15) is 5.41 Å². The highest BCUT2D eigenvalue weighted by atomic mass is 16.5. The van der Waals surface area contributed by atoms with E-state index in [0.717, 1.165) is 0 Å². The Morgan fingerprint density at radius 2 is 1.75 bits per heavy atom. The second-order valence-electron chi connectivity index (χ2n) is 7.01. The van der Waals surface area contributed by atoms with Gasteiger partial charge in [-0.05, 0) is 52.7 Å². The lowest BCUT2D eigenvalue weighted by Gasteiger charge is -2.24. The molecule has 6 nitrogen and oxygen atoms in total. The van der Waals surface area contributed by atoms with Crippen LogP contribution in [0.2, 0.25) is 0 Å². The smallest absolute Gasteiger partial charge is 0.340 e. The molecule has 2 rings (SSSR count). The summed E-state index contributed by atoms with van der Waals surface area (Å²) in [5, 5.41) is 5.57. The maximum Gasteiger partial charge on any atom is 0.340 e. The van der Waals surface area contributed by atoms with Crippen LogP contribution in [0.15, 0.2) is 24.3 Å². The molecule has 130 valence electrons. The molecule has 0 bridgehead atoms. The molecular formula is C18H24N2O4. The molecule has 2 N–H and O–H groups in total. The van der Waals surface area contributed by atoms with Crippen LogP contribution in [0.5, 0.6) is 0 Å². The van der Waals surface area contributed by atoms with E-state index < -0.39 is 16.9 Å². The molecule has 6 heteroatoms. The van der Waals surface area contributed by atoms with Crippen molar-refractivity contribution < 1.29 is 19.1 Å². The van der Waals surface area contributed by atoms with Crippen molar-refractivity contribution in [3.63, 3.8) is 0 Å². The summed E-state index contributed by atoms with van der Waals surface area (Å²) in [5.41, 5.74) is -0.819. The first-order chi connectivity index (χ1) is 11.2. The van der Waals surface area contributed by atoms with Crippen LogP contribution >= 0.6 is 0 Å². The van der Waals surface area contributed by atoms with Crippen LogP contribution in [-0.2, 0) is 14.3 Å². The van der Waals surface area contributed by atoms with Crippen LogP contribution in [0.1, 0.15) is 50.9 Å². The molecule has 1 aromatic rings. The highest BCUT2D eigenvalue weighted by Crippen LogP contribution is 2.47. The van der Waals surface area contributed by atoms with Crippen LogP contribution < -0.4 is 10.6 Å². The molecule has 0 spiro atoms. The topological polar surface area (TPSA) is 84.5 Å². The maximum absolute atomic E-state index is 12.6. The van der Waals surface area contributed by atoms with Gasteiger partial charge in [0.15, 0.2) is 0 Å². The van der Waals surface area contributed by atoms with Crippen molar-refractivity contribution in [1.82, 2.24) is 5.32 Å². The van der Waals surface area contributed by atoms with Gasteiger partial charge in [0, 0.05) is 5.54 Å². The molecule has 0 radical (unpaired) electrons. The van der Waals surface area contributed by atoms with Crippen molar-refractivity contribution in [3.8, 4) is 0 Å². The van der Waals surface area contributed by atoms with Crippen LogP contribution in [0.3, 0.4) is 0 Å². The molecule has 1 fully saturated rings. The summed E-state index contributed by atoms with van der Waals surface area (Å²) in [4.78, 5) is 37.0. The number of carbonyl (C=O) groups is 3. The van der Waals surface area contributed by atoms with Gasteiger partial charge in [0.25, 0.3) is 0 Å². The Morgan fingerprint density at radius 3 is 2.29 bits per heavy atom. The summed E-state index contributed by atoms with van der Waals surface area (Å²) in [7, 11) is 0. The molecule has 1 saturated carbocycles. The lowest BCUT2D eigenvalue weighted by Crippen LogP contribution is -2.48. The van der Waals surface area contributed by atoms with Crippen LogP contribution in [-0.4, -0.2) is 29.9 Å². The van der Waals surface area contributed by atoms with Gasteiger partial charge in [0.2, 0.25) is 11.8 Å². The number of amides is 2. The summed E-state index contributed by atoms with van der Waals surface area (Å²) >= 11 is 0. The normalized spacial score (nSPS) is 15.3. The van der Waals surface area contributed by atoms with Crippen molar-refractivity contribution in [2.45, 2.75) is 46.1 Å². The zero-order valence-corrected chi connectivity index (χ0v) is 14.6. The standard InChI is InChI=1S/C18H24N2O4/c1-5-24-14(21)12-8-6-7-9-13(12)19-15(22)18(10-11-18)16(23)20-17(2,3)4/h6-9H,5,10-11H2,1-4H3,(H,19,22)(H,20,23). The van der Waals surface area contributed by atoms with Crippen molar-refractivity contribution in [1.29, 1.82) is 0 Å². The van der Waals surface area contributed by atoms with E-state index in [9.17, 15) is 14.4 Å². The quantitative estimate of drug-likeness (QED) is 0.641. The molecule has 2 amide bonds. The van der Waals surface area contributed by atoms with Gasteiger partial charge in [-0.25, -0.2) is 4.79 Å². The molecule has 1 aromatic carbocycles. The van der Waals surface area contributed by atoms with Gasteiger partial charge in [-0.3, -0.25) is 9.59 Å². The van der Waals surface area contributed by atoms with Crippen LogP contribution in [0.25, 0.3) is 0 Å². The summed E-state index contributed by atoms with van der Waals surface area (Å²) in [5.74, 6) is -1.17. The average Bonchev–Trinajstić information content (AvgIpc) is 3.28. The molecule has 24 heavy (non-hydrogen) atoms. The third-order valence-electron chi connectivity index (χ3n) is 3.78. The first-order valence-corrected chi connectivity index (χ1v) is 8.10. The number of benzene rings is 1. The Hall–Kier alpha value is -2.37. The van der Waals surface area contributed by atoms with Gasteiger partial charge in [-0.1, -0.05) is 12.1 Å². The van der Waals surface area contributed by atoms with E-state index in [4.69, 9.17) is 4.74 Å². The van der Waals surface area contributed by atoms with Crippen LogP contribution in [0.4, 0.5) is 5.69 Å². The Kier molecular flexibility index (Phi) is 4.96. The molecule has 1 aliphatic carbocycles. The number of nitrogens with one attached hydrogen (secondary N) is 2. The van der Waals surface area contributed by atoms with Gasteiger partial charge in [-0.15, -0.1) is 0 Å². The lowest BCUT2D eigenvalue weighted by molar-refractivity contribution is -0.135. The minimum Gasteiger partial charge on any atom is -0.462 e. The fraction of sp³-hybridized carbons (Fsp3) is 0.500. The zero-order chi connectivity index (χ0) is 18.0. The second kappa shape index (κ2) is 6.63. The number of ether oxygens (including phenoxy) is 1. The molecule has 0 heterocycles. The van der Waals surface area contributed by atoms with Crippen LogP contribution in [0, 0.1) is 5.41 Å². The first-order valence-electron chi connectivity index (χ1n) is 8.10. The average molecular weight is 332 g/mol. The number of rotatable bonds is 5. The number of carbonyl (C=O) groups excluding carboxylic acids is 3. The van der Waals surface area contributed by atoms with E-state index in [2.05, 4.69) is 10.6 Å². The molecule has 0 saturated heterocycles. The number of hydrogen-bond acceptors (Lipinski definition) is 4. The minimum absolute atomic E-state index is 0.249. The molecule has 0 atom stereocenters. The Balaban J connectivity index is 2.16. The van der Waals surface area contributed by atoms with Crippen molar-refractivity contribution >= 4 is 23.5 Å². The summed E-state index contributed by atoms with van der Waals surface area (Å²) < 4.78 is 5.00. The van der Waals surface area contributed by atoms with E-state index in [-0.39, 0.29) is 24.0 Å². The number of para-hydroxylation sites is 1. The first kappa shape index (κ1) is 18.0. The molecular weight excluding hydrogens is 308 g/mol. The van der Waals surface area contributed by atoms with Crippen molar-refractivity contribution in [3.05, 3.63) is 29.8 Å². The Labute approximate surface area is 142 Å². The lowest BCUT2D eigenvalue weighted by atomic mass is 10.0. The second-order valence-corrected chi connectivity index (χ2v) is 7.01. The predicted molar refractivity (Wildman–Crippen MR) is 90.6 cm³/mol. The fourth-order valence-corrected chi connectivity index (χ4v) is 2.36. The van der Waals surface area contributed by atoms with Gasteiger partial charge in [-0.2, -0.15) is 0 Å². The van der Waals surface area contributed by atoms with Crippen molar-refractivity contribution in [2.24, 2.45) is 5.41 Å². The Morgan fingerprint density at radius 1 is 1.12 bits per heavy atom. The van der Waals surface area contributed by atoms with E-state index >= 15 is 0 Å². The number of esters is 1. The monoisotopic (exact) mass is 332 g/mol. The Bertz CT molecular complexity index is 657. The summed E-state index contributed by atoms with van der Waals surface area (Å²) in [6.45, 7) is 7.58. The molecule has 0 unspecified atom stereocenters. The van der Waals surface area contributed by atoms with Crippen molar-refractivity contribution in [2.75, 3.05) is 11.9 Å². The van der Waals surface area contributed by atoms with E-state index in [1.165, 1.54) is 0 Å². The summed E-state index contributed by atoms with van der Waals surface area (Å²) in [6.07, 6.45) is 1.00. The molecule has 0 aliphatic heterocycles. The SMILES string of the molecule is CCOC(=O)c1ccccc1NC(=O)C1(C(=O)NC(C)(C)C)CC1. The number of hydrogen-bond donors (Lipinski definition) is 2.